The number of fused-ring (bicyclic) bond motifs is 2. The van der Waals surface area contributed by atoms with Gasteiger partial charge in [0.25, 0.3) is 0 Å². The molecule has 6 nitrogen and oxygen atoms in total. The maximum atomic E-state index is 12.6. The summed E-state index contributed by atoms with van der Waals surface area (Å²) in [5.41, 5.74) is 0.865. The molecule has 2 unspecified atom stereocenters. The molecule has 0 amide bonds. The van der Waals surface area contributed by atoms with Crippen molar-refractivity contribution in [2.45, 2.75) is 48.7 Å². The number of hydrogen-bond acceptors (Lipinski definition) is 5. The Morgan fingerprint density at radius 3 is 2.20 bits per heavy atom. The van der Waals surface area contributed by atoms with Crippen LogP contribution in [0, 0.1) is 0 Å². The van der Waals surface area contributed by atoms with Crippen molar-refractivity contribution in [1.29, 1.82) is 0 Å². The van der Waals surface area contributed by atoms with Gasteiger partial charge in [-0.15, -0.1) is 12.4 Å². The second-order valence-corrected chi connectivity index (χ2v) is 8.25. The van der Waals surface area contributed by atoms with Gasteiger partial charge in [-0.2, -0.15) is 0 Å². The molecular formula is C17H21ClN4O2S. The molecule has 0 radical (unpaired) electrons. The number of halogens is 1. The Labute approximate surface area is 153 Å². The maximum Gasteiger partial charge on any atom is 0.243 e. The topological polar surface area (TPSA) is 84.0 Å². The Morgan fingerprint density at radius 1 is 1.00 bits per heavy atom. The first kappa shape index (κ1) is 18.3. The quantitative estimate of drug-likeness (QED) is 0.848. The van der Waals surface area contributed by atoms with Gasteiger partial charge in [-0.05, 0) is 25.7 Å². The average molecular weight is 381 g/mol. The Morgan fingerprint density at radius 2 is 1.60 bits per heavy atom. The molecule has 2 aliphatic heterocycles. The van der Waals surface area contributed by atoms with Crippen LogP contribution in [0.15, 0.2) is 47.6 Å². The summed E-state index contributed by atoms with van der Waals surface area (Å²) >= 11 is 0. The number of nitrogens with zero attached hydrogens (tertiary/aromatic N) is 2. The molecule has 0 saturated carbocycles. The number of hydrogen-bond donors (Lipinski definition) is 2. The lowest BCUT2D eigenvalue weighted by Gasteiger charge is -2.29. The van der Waals surface area contributed by atoms with Crippen LogP contribution in [0.25, 0.3) is 11.4 Å². The molecule has 134 valence electrons. The number of piperidine rings is 1. The third-order valence-corrected chi connectivity index (χ3v) is 6.24. The van der Waals surface area contributed by atoms with Crippen LogP contribution >= 0.6 is 12.4 Å². The molecule has 0 spiro atoms. The van der Waals surface area contributed by atoms with Crippen LogP contribution in [-0.2, 0) is 10.0 Å². The van der Waals surface area contributed by atoms with Crippen LogP contribution in [-0.4, -0.2) is 36.5 Å². The molecule has 2 N–H and O–H groups in total. The highest BCUT2D eigenvalue weighted by Gasteiger charge is 2.35. The Hall–Kier alpha value is -1.54. The minimum Gasteiger partial charge on any atom is -0.311 e. The third kappa shape index (κ3) is 4.00. The highest BCUT2D eigenvalue weighted by atomic mass is 35.5. The fraction of sp³-hybridized carbons (Fsp3) is 0.412. The first-order chi connectivity index (χ1) is 11.6. The zero-order valence-corrected chi connectivity index (χ0v) is 15.3. The fourth-order valence-corrected chi connectivity index (χ4v) is 4.78. The van der Waals surface area contributed by atoms with Gasteiger partial charge in [0.15, 0.2) is 5.82 Å². The van der Waals surface area contributed by atoms with Crippen molar-refractivity contribution >= 4 is 22.4 Å². The monoisotopic (exact) mass is 380 g/mol. The van der Waals surface area contributed by atoms with E-state index in [4.69, 9.17) is 0 Å². The van der Waals surface area contributed by atoms with E-state index in [1.54, 1.807) is 0 Å². The van der Waals surface area contributed by atoms with E-state index >= 15 is 0 Å². The van der Waals surface area contributed by atoms with Gasteiger partial charge in [0.2, 0.25) is 10.0 Å². The molecule has 2 aromatic rings. The molecule has 1 aromatic carbocycles. The molecule has 8 heteroatoms. The van der Waals surface area contributed by atoms with E-state index in [0.29, 0.717) is 17.9 Å². The largest absolute Gasteiger partial charge is 0.311 e. The molecule has 4 rings (SSSR count). The van der Waals surface area contributed by atoms with Crippen molar-refractivity contribution in [2.24, 2.45) is 0 Å². The summed E-state index contributed by atoms with van der Waals surface area (Å²) in [7, 11) is -3.58. The van der Waals surface area contributed by atoms with E-state index in [-0.39, 0.29) is 23.3 Å². The maximum absolute atomic E-state index is 12.6. The van der Waals surface area contributed by atoms with Crippen LogP contribution in [0.5, 0.6) is 0 Å². The summed E-state index contributed by atoms with van der Waals surface area (Å²) < 4.78 is 28.0. The van der Waals surface area contributed by atoms with Crippen LogP contribution in [0.4, 0.5) is 0 Å². The van der Waals surface area contributed by atoms with E-state index in [0.717, 1.165) is 31.2 Å². The lowest BCUT2D eigenvalue weighted by atomic mass is 10.0. The van der Waals surface area contributed by atoms with E-state index < -0.39 is 10.0 Å². The first-order valence-corrected chi connectivity index (χ1v) is 9.74. The Balaban J connectivity index is 0.00000182. The van der Waals surface area contributed by atoms with Gasteiger partial charge in [0.1, 0.15) is 4.90 Å². The van der Waals surface area contributed by atoms with Gasteiger partial charge < -0.3 is 5.32 Å². The smallest absolute Gasteiger partial charge is 0.243 e. The van der Waals surface area contributed by atoms with Gasteiger partial charge >= 0.3 is 0 Å². The average Bonchev–Trinajstić information content (AvgIpc) is 2.94. The SMILES string of the molecule is Cl.O=S(=O)(NC1CC2CCC(C1)N2)c1cnc(-c2ccccc2)nc1. The Bertz CT molecular complexity index is 802. The Kier molecular flexibility index (Phi) is 5.38. The molecule has 2 atom stereocenters. The summed E-state index contributed by atoms with van der Waals surface area (Å²) in [4.78, 5) is 8.53. The van der Waals surface area contributed by atoms with Crippen LogP contribution in [0.3, 0.4) is 0 Å². The van der Waals surface area contributed by atoms with Crippen molar-refractivity contribution in [1.82, 2.24) is 20.0 Å². The predicted octanol–water partition coefficient (Wildman–Crippen LogP) is 2.13. The van der Waals surface area contributed by atoms with Crippen LogP contribution < -0.4 is 10.0 Å². The second kappa shape index (κ2) is 7.37. The standard InChI is InChI=1S/C17H20N4O2S.ClH/c22-24(23,21-15-8-13-6-7-14(9-15)20-13)16-10-18-17(19-11-16)12-4-2-1-3-5-12;/h1-5,10-11,13-15,20-21H,6-9H2;1H. The number of aromatic nitrogens is 2. The van der Waals surface area contributed by atoms with E-state index in [2.05, 4.69) is 20.0 Å². The molecular weight excluding hydrogens is 360 g/mol. The summed E-state index contributed by atoms with van der Waals surface area (Å²) in [5, 5.41) is 3.51. The van der Waals surface area contributed by atoms with E-state index in [9.17, 15) is 8.42 Å². The van der Waals surface area contributed by atoms with Crippen molar-refractivity contribution in [3.05, 3.63) is 42.7 Å². The second-order valence-electron chi connectivity index (χ2n) is 6.54. The molecule has 2 bridgehead atoms. The number of benzene rings is 1. The van der Waals surface area contributed by atoms with Crippen molar-refractivity contribution in [3.8, 4) is 11.4 Å². The molecule has 3 heterocycles. The highest BCUT2D eigenvalue weighted by Crippen LogP contribution is 2.27. The highest BCUT2D eigenvalue weighted by molar-refractivity contribution is 7.89. The zero-order chi connectivity index (χ0) is 16.6. The lowest BCUT2D eigenvalue weighted by molar-refractivity contribution is 0.345. The van der Waals surface area contributed by atoms with Crippen molar-refractivity contribution in [3.63, 3.8) is 0 Å². The summed E-state index contributed by atoms with van der Waals surface area (Å²) in [6.45, 7) is 0. The summed E-state index contributed by atoms with van der Waals surface area (Å²) in [6, 6.07) is 10.4. The molecule has 25 heavy (non-hydrogen) atoms. The van der Waals surface area contributed by atoms with Gasteiger partial charge in [0, 0.05) is 23.7 Å². The van der Waals surface area contributed by atoms with Gasteiger partial charge in [-0.3, -0.25) is 0 Å². The lowest BCUT2D eigenvalue weighted by Crippen LogP contribution is -2.47. The number of nitrogens with one attached hydrogen (secondary N) is 2. The number of rotatable bonds is 4. The van der Waals surface area contributed by atoms with E-state index in [1.165, 1.54) is 12.4 Å². The molecule has 2 saturated heterocycles. The van der Waals surface area contributed by atoms with Crippen molar-refractivity contribution < 1.29 is 8.42 Å². The van der Waals surface area contributed by atoms with Gasteiger partial charge in [-0.25, -0.2) is 23.1 Å². The first-order valence-electron chi connectivity index (χ1n) is 8.26. The van der Waals surface area contributed by atoms with Crippen molar-refractivity contribution in [2.75, 3.05) is 0 Å². The van der Waals surface area contributed by atoms with Gasteiger partial charge in [-0.1, -0.05) is 30.3 Å². The minimum atomic E-state index is -3.58. The van der Waals surface area contributed by atoms with Gasteiger partial charge in [0.05, 0.1) is 12.4 Å². The van der Waals surface area contributed by atoms with Crippen LogP contribution in [0.2, 0.25) is 0 Å². The molecule has 2 fully saturated rings. The molecule has 2 aliphatic rings. The minimum absolute atomic E-state index is 0. The summed E-state index contributed by atoms with van der Waals surface area (Å²) in [5.74, 6) is 0.523. The zero-order valence-electron chi connectivity index (χ0n) is 13.6. The predicted molar refractivity (Wildman–Crippen MR) is 98.0 cm³/mol. The number of sulfonamides is 1. The normalized spacial score (nSPS) is 25.4. The molecule has 0 aliphatic carbocycles. The molecule has 1 aromatic heterocycles. The third-order valence-electron chi connectivity index (χ3n) is 4.77. The van der Waals surface area contributed by atoms with Crippen LogP contribution in [0.1, 0.15) is 25.7 Å². The fourth-order valence-electron chi connectivity index (χ4n) is 3.63. The van der Waals surface area contributed by atoms with E-state index in [1.807, 2.05) is 30.3 Å². The summed E-state index contributed by atoms with van der Waals surface area (Å²) in [6.07, 6.45) is 6.73.